The molecule has 14 heavy (non-hydrogen) atoms. The molecule has 0 spiro atoms. The maximum absolute atomic E-state index is 10.5. The van der Waals surface area contributed by atoms with E-state index in [0.717, 1.165) is 5.56 Å². The predicted molar refractivity (Wildman–Crippen MR) is 51.4 cm³/mol. The number of benzene rings is 1. The monoisotopic (exact) mass is 214 g/mol. The Kier molecular flexibility index (Phi) is 4.72. The SMILES string of the molecule is Cc1ccc(S(=O)(=O)O)cc1.N=C=N. The zero-order chi connectivity index (χ0) is 11.2. The number of rotatable bonds is 1. The minimum absolute atomic E-state index is 0.0666. The first-order valence-electron chi connectivity index (χ1n) is 3.54. The average Bonchev–Trinajstić information content (AvgIpc) is 2.04. The fourth-order valence-corrected chi connectivity index (χ4v) is 1.19. The lowest BCUT2D eigenvalue weighted by Crippen LogP contribution is -1.96. The summed E-state index contributed by atoms with van der Waals surface area (Å²) in [6.07, 6.45) is 0. The van der Waals surface area contributed by atoms with E-state index >= 15 is 0 Å². The van der Waals surface area contributed by atoms with Crippen molar-refractivity contribution in [1.29, 1.82) is 10.8 Å². The van der Waals surface area contributed by atoms with Gasteiger partial charge in [0, 0.05) is 0 Å². The minimum atomic E-state index is -4.02. The second-order valence-electron chi connectivity index (χ2n) is 2.41. The summed E-state index contributed by atoms with van der Waals surface area (Å²) in [5.74, 6) is 0. The highest BCUT2D eigenvalue weighted by Crippen LogP contribution is 2.08. The second-order valence-corrected chi connectivity index (χ2v) is 3.83. The van der Waals surface area contributed by atoms with Gasteiger partial charge in [-0.25, -0.2) is 10.8 Å². The van der Waals surface area contributed by atoms with Gasteiger partial charge in [-0.05, 0) is 19.1 Å². The van der Waals surface area contributed by atoms with E-state index in [1.165, 1.54) is 18.1 Å². The molecule has 0 unspecified atom stereocenters. The zero-order valence-electron chi connectivity index (χ0n) is 7.48. The molecule has 5 nitrogen and oxygen atoms in total. The molecule has 0 aromatic heterocycles. The molecule has 0 saturated carbocycles. The lowest BCUT2D eigenvalue weighted by molar-refractivity contribution is 0.483. The van der Waals surface area contributed by atoms with E-state index in [-0.39, 0.29) is 4.90 Å². The molecule has 1 aromatic carbocycles. The summed E-state index contributed by atoms with van der Waals surface area (Å²) in [5, 5.41) is 11.2. The maximum atomic E-state index is 10.5. The predicted octanol–water partition coefficient (Wildman–Crippen LogP) is 1.56. The van der Waals surface area contributed by atoms with Crippen molar-refractivity contribution in [2.24, 2.45) is 0 Å². The molecule has 0 radical (unpaired) electrons. The first-order valence-corrected chi connectivity index (χ1v) is 4.98. The summed E-state index contributed by atoms with van der Waals surface area (Å²) < 4.78 is 29.6. The fourth-order valence-electron chi connectivity index (χ4n) is 0.710. The Morgan fingerprint density at radius 3 is 1.86 bits per heavy atom. The summed E-state index contributed by atoms with van der Waals surface area (Å²) in [5.41, 5.74) is 0.956. The third kappa shape index (κ3) is 4.51. The summed E-state index contributed by atoms with van der Waals surface area (Å²) in [4.78, 5) is -0.0666. The molecule has 1 rings (SSSR count). The van der Waals surface area contributed by atoms with Crippen molar-refractivity contribution >= 4 is 16.1 Å². The van der Waals surface area contributed by atoms with E-state index in [1.807, 2.05) is 6.92 Å². The Balaban J connectivity index is 0.000000500. The summed E-state index contributed by atoms with van der Waals surface area (Å²) in [6, 6.07) is 7.24. The molecule has 0 heterocycles. The molecular formula is C8H10N2O3S. The van der Waals surface area contributed by atoms with Gasteiger partial charge in [-0.1, -0.05) is 17.7 Å². The molecule has 3 N–H and O–H groups in total. The van der Waals surface area contributed by atoms with E-state index in [9.17, 15) is 8.42 Å². The van der Waals surface area contributed by atoms with Crippen LogP contribution in [-0.2, 0) is 10.1 Å². The van der Waals surface area contributed by atoms with Crippen LogP contribution in [0.2, 0.25) is 0 Å². The van der Waals surface area contributed by atoms with Gasteiger partial charge in [0.15, 0.2) is 0 Å². The van der Waals surface area contributed by atoms with Crippen LogP contribution in [0.4, 0.5) is 0 Å². The number of hydrogen-bond donors (Lipinski definition) is 3. The molecule has 76 valence electrons. The summed E-state index contributed by atoms with van der Waals surface area (Å²) >= 11 is 0. The van der Waals surface area contributed by atoms with Crippen LogP contribution in [0.3, 0.4) is 0 Å². The molecule has 0 amide bonds. The van der Waals surface area contributed by atoms with Crippen molar-refractivity contribution in [2.45, 2.75) is 11.8 Å². The second kappa shape index (κ2) is 5.29. The van der Waals surface area contributed by atoms with Crippen LogP contribution in [-0.4, -0.2) is 19.0 Å². The van der Waals surface area contributed by atoms with E-state index in [2.05, 4.69) is 0 Å². The zero-order valence-corrected chi connectivity index (χ0v) is 8.30. The molecule has 0 atom stereocenters. The van der Waals surface area contributed by atoms with Gasteiger partial charge in [-0.15, -0.1) is 0 Å². The van der Waals surface area contributed by atoms with Gasteiger partial charge in [0.05, 0.1) is 10.9 Å². The molecular weight excluding hydrogens is 204 g/mol. The Labute approximate surface area is 82.2 Å². The van der Waals surface area contributed by atoms with Crippen LogP contribution in [0.15, 0.2) is 29.2 Å². The van der Waals surface area contributed by atoms with Crippen LogP contribution in [0.5, 0.6) is 0 Å². The third-order valence-corrected chi connectivity index (χ3v) is 2.19. The average molecular weight is 214 g/mol. The van der Waals surface area contributed by atoms with Crippen molar-refractivity contribution in [3.63, 3.8) is 0 Å². The van der Waals surface area contributed by atoms with E-state index < -0.39 is 10.1 Å². The van der Waals surface area contributed by atoms with Crippen molar-refractivity contribution in [3.05, 3.63) is 29.8 Å². The van der Waals surface area contributed by atoms with Crippen LogP contribution in [0.25, 0.3) is 0 Å². The van der Waals surface area contributed by atoms with Gasteiger partial charge in [-0.2, -0.15) is 8.42 Å². The van der Waals surface area contributed by atoms with E-state index in [1.54, 1.807) is 12.1 Å². The largest absolute Gasteiger partial charge is 0.294 e. The van der Waals surface area contributed by atoms with Crippen LogP contribution >= 0.6 is 0 Å². The van der Waals surface area contributed by atoms with Crippen molar-refractivity contribution in [2.75, 3.05) is 0 Å². The van der Waals surface area contributed by atoms with Gasteiger partial charge < -0.3 is 0 Å². The molecule has 0 fully saturated rings. The number of nitrogens with one attached hydrogen (secondary N) is 2. The van der Waals surface area contributed by atoms with E-state index in [4.69, 9.17) is 15.4 Å². The Bertz CT molecular complexity index is 416. The molecule has 0 aliphatic carbocycles. The number of hydrogen-bond acceptors (Lipinski definition) is 4. The van der Waals surface area contributed by atoms with Gasteiger partial charge in [0.1, 0.15) is 0 Å². The Hall–Kier alpha value is -1.49. The van der Waals surface area contributed by atoms with Crippen molar-refractivity contribution in [3.8, 4) is 0 Å². The van der Waals surface area contributed by atoms with Gasteiger partial charge in [0.25, 0.3) is 10.1 Å². The van der Waals surface area contributed by atoms with Crippen LogP contribution in [0.1, 0.15) is 5.56 Å². The van der Waals surface area contributed by atoms with Crippen LogP contribution < -0.4 is 0 Å². The molecule has 0 saturated heterocycles. The normalized spacial score (nSPS) is 9.57. The maximum Gasteiger partial charge on any atom is 0.294 e. The van der Waals surface area contributed by atoms with Gasteiger partial charge in [0.2, 0.25) is 0 Å². The molecule has 0 aliphatic rings. The molecule has 6 heteroatoms. The highest BCUT2D eigenvalue weighted by Gasteiger charge is 2.06. The van der Waals surface area contributed by atoms with Gasteiger partial charge in [-0.3, -0.25) is 4.55 Å². The van der Waals surface area contributed by atoms with Crippen LogP contribution in [0, 0.1) is 17.7 Å². The third-order valence-electron chi connectivity index (χ3n) is 1.32. The lowest BCUT2D eigenvalue weighted by atomic mass is 10.2. The van der Waals surface area contributed by atoms with Crippen molar-refractivity contribution in [1.82, 2.24) is 0 Å². The fraction of sp³-hybridized carbons (Fsp3) is 0.125. The highest BCUT2D eigenvalue weighted by molar-refractivity contribution is 7.85. The first kappa shape index (κ1) is 12.5. The summed E-state index contributed by atoms with van der Waals surface area (Å²) in [6.45, 7) is 1.84. The quantitative estimate of drug-likeness (QED) is 0.488. The molecule has 0 bridgehead atoms. The Morgan fingerprint density at radius 1 is 1.21 bits per heavy atom. The smallest absolute Gasteiger partial charge is 0.282 e. The highest BCUT2D eigenvalue weighted by atomic mass is 32.2. The van der Waals surface area contributed by atoms with E-state index in [0.29, 0.717) is 0 Å². The summed E-state index contributed by atoms with van der Waals surface area (Å²) in [7, 11) is -4.02. The first-order chi connectivity index (χ1) is 6.41. The standard InChI is InChI=1S/C7H8O3S.CH2N2/c1-6-2-4-7(5-3-6)11(8,9)10;2-1-3/h2-5H,1H3,(H,8,9,10);2-3H. The van der Waals surface area contributed by atoms with Gasteiger partial charge >= 0.3 is 0 Å². The van der Waals surface area contributed by atoms with Crippen molar-refractivity contribution < 1.29 is 13.0 Å². The number of aryl methyl sites for hydroxylation is 1. The Morgan fingerprint density at radius 2 is 1.57 bits per heavy atom. The molecule has 0 aliphatic heterocycles. The molecule has 1 aromatic rings. The minimum Gasteiger partial charge on any atom is -0.282 e. The topological polar surface area (TPSA) is 102 Å². The lowest BCUT2D eigenvalue weighted by Gasteiger charge is -1.95.